The molecule has 0 spiro atoms. The second-order valence-electron chi connectivity index (χ2n) is 7.42. The van der Waals surface area contributed by atoms with Crippen LogP contribution in [-0.2, 0) is 18.9 Å². The average Bonchev–Trinajstić information content (AvgIpc) is 3.03. The molecule has 0 aliphatic carbocycles. The van der Waals surface area contributed by atoms with Crippen molar-refractivity contribution in [1.29, 1.82) is 0 Å². The van der Waals surface area contributed by atoms with Crippen molar-refractivity contribution in [2.75, 3.05) is 18.4 Å². The number of hydrogen-bond donors (Lipinski definition) is 5. The van der Waals surface area contributed by atoms with Gasteiger partial charge in [0.05, 0.1) is 22.7 Å². The highest BCUT2D eigenvalue weighted by Gasteiger charge is 2.58. The van der Waals surface area contributed by atoms with E-state index in [4.69, 9.17) is 53.8 Å². The van der Waals surface area contributed by atoms with E-state index in [1.165, 1.54) is 24.3 Å². The number of rotatable bonds is 7. The maximum absolute atomic E-state index is 12.2. The highest BCUT2D eigenvalue weighted by Crippen LogP contribution is 2.38. The summed E-state index contributed by atoms with van der Waals surface area (Å²) in [5.74, 6) is -3.39. The number of alkyl halides is 3. The van der Waals surface area contributed by atoms with Gasteiger partial charge in [-0.15, -0.1) is 34.8 Å². The van der Waals surface area contributed by atoms with Crippen molar-refractivity contribution in [1.82, 2.24) is 0 Å². The molecule has 0 amide bonds. The van der Waals surface area contributed by atoms with Crippen LogP contribution in [0.15, 0.2) is 24.3 Å². The molecule has 0 saturated carbocycles. The SMILES string of the molecule is O=C(OC[C@H]1O[C@H](O[C@]2(CCl)O[C@H](CCl)[C@@H](O)[C@@H]2O)[C@H](O)[C@@H](O)[C@H]1Cl)c1ccc(O)cc1. The molecular weight excluding hydrogens is 495 g/mol. The smallest absolute Gasteiger partial charge is 0.338 e. The Hall–Kier alpha value is -0.920. The van der Waals surface area contributed by atoms with Crippen LogP contribution >= 0.6 is 34.8 Å². The minimum absolute atomic E-state index is 0.0267. The number of aliphatic hydroxyl groups is 4. The average molecular weight is 518 g/mol. The van der Waals surface area contributed by atoms with E-state index in [0.29, 0.717) is 0 Å². The molecule has 3 rings (SSSR count). The summed E-state index contributed by atoms with van der Waals surface area (Å²) in [5.41, 5.74) is 0.155. The number of ether oxygens (including phenoxy) is 4. The molecule has 0 unspecified atom stereocenters. The maximum Gasteiger partial charge on any atom is 0.338 e. The van der Waals surface area contributed by atoms with Crippen LogP contribution in [0.25, 0.3) is 0 Å². The zero-order valence-electron chi connectivity index (χ0n) is 16.5. The van der Waals surface area contributed by atoms with Gasteiger partial charge < -0.3 is 44.5 Å². The molecule has 13 heteroatoms. The highest BCUT2D eigenvalue weighted by molar-refractivity contribution is 6.21. The predicted octanol–water partition coefficient (Wildman–Crippen LogP) is -0.0858. The second-order valence-corrected chi connectivity index (χ2v) is 8.50. The zero-order valence-corrected chi connectivity index (χ0v) is 18.7. The molecule has 32 heavy (non-hydrogen) atoms. The van der Waals surface area contributed by atoms with Crippen molar-refractivity contribution >= 4 is 40.8 Å². The van der Waals surface area contributed by atoms with Gasteiger partial charge in [-0.25, -0.2) is 4.79 Å². The first-order valence-corrected chi connectivity index (χ1v) is 11.1. The third-order valence-electron chi connectivity index (χ3n) is 5.26. The molecule has 0 aromatic heterocycles. The third-order valence-corrected chi connectivity index (χ3v) is 6.48. The van der Waals surface area contributed by atoms with Crippen LogP contribution in [0, 0.1) is 0 Å². The lowest BCUT2D eigenvalue weighted by atomic mass is 10.0. The van der Waals surface area contributed by atoms with E-state index in [-0.39, 0.29) is 17.2 Å². The van der Waals surface area contributed by atoms with Gasteiger partial charge in [0.25, 0.3) is 0 Å². The van der Waals surface area contributed by atoms with Gasteiger partial charge in [-0.05, 0) is 24.3 Å². The molecule has 2 fully saturated rings. The van der Waals surface area contributed by atoms with Gasteiger partial charge in [0.1, 0.15) is 49.0 Å². The molecule has 5 N–H and O–H groups in total. The number of carbonyl (C=O) groups excluding carboxylic acids is 1. The van der Waals surface area contributed by atoms with Crippen molar-refractivity contribution in [3.8, 4) is 5.75 Å². The lowest BCUT2D eigenvalue weighted by molar-refractivity contribution is -0.357. The number of halogens is 3. The summed E-state index contributed by atoms with van der Waals surface area (Å²) in [6.45, 7) is -0.415. The number of phenols is 1. The summed E-state index contributed by atoms with van der Waals surface area (Å²) in [6, 6.07) is 5.32. The Morgan fingerprint density at radius 3 is 2.25 bits per heavy atom. The molecule has 0 radical (unpaired) electrons. The lowest BCUT2D eigenvalue weighted by Gasteiger charge is -2.43. The van der Waals surface area contributed by atoms with E-state index < -0.39 is 72.5 Å². The number of carbonyl (C=O) groups is 1. The maximum atomic E-state index is 12.2. The largest absolute Gasteiger partial charge is 0.508 e. The monoisotopic (exact) mass is 516 g/mol. The molecule has 2 heterocycles. The van der Waals surface area contributed by atoms with Gasteiger partial charge in [-0.3, -0.25) is 0 Å². The van der Waals surface area contributed by atoms with Gasteiger partial charge in [0.15, 0.2) is 6.29 Å². The first-order chi connectivity index (χ1) is 15.1. The number of esters is 1. The lowest BCUT2D eigenvalue weighted by Crippen LogP contribution is -2.61. The van der Waals surface area contributed by atoms with Gasteiger partial charge in [-0.2, -0.15) is 0 Å². The van der Waals surface area contributed by atoms with Crippen LogP contribution in [0.1, 0.15) is 10.4 Å². The Bertz CT molecular complexity index is 783. The Labute approximate surface area is 198 Å². The molecule has 10 nitrogen and oxygen atoms in total. The van der Waals surface area contributed by atoms with Crippen molar-refractivity contribution in [2.24, 2.45) is 0 Å². The highest BCUT2D eigenvalue weighted by atomic mass is 35.5. The van der Waals surface area contributed by atoms with Crippen LogP contribution in [0.3, 0.4) is 0 Å². The number of hydrogen-bond acceptors (Lipinski definition) is 10. The Morgan fingerprint density at radius 2 is 1.69 bits per heavy atom. The summed E-state index contributed by atoms with van der Waals surface area (Å²) in [7, 11) is 0. The number of aliphatic hydroxyl groups excluding tert-OH is 4. The summed E-state index contributed by atoms with van der Waals surface area (Å²) < 4.78 is 21.8. The molecule has 2 aliphatic rings. The first-order valence-electron chi connectivity index (χ1n) is 9.59. The third kappa shape index (κ3) is 5.10. The van der Waals surface area contributed by atoms with Crippen LogP contribution in [0.2, 0.25) is 0 Å². The molecule has 9 atom stereocenters. The van der Waals surface area contributed by atoms with Crippen molar-refractivity contribution in [2.45, 2.75) is 54.1 Å². The second kappa shape index (κ2) is 10.6. The van der Waals surface area contributed by atoms with Gasteiger partial charge in [0.2, 0.25) is 5.79 Å². The minimum Gasteiger partial charge on any atom is -0.508 e. The van der Waals surface area contributed by atoms with Crippen LogP contribution in [0.5, 0.6) is 5.75 Å². The Morgan fingerprint density at radius 1 is 1.03 bits per heavy atom. The standard InChI is InChI=1S/C19H23Cl3O10/c20-5-10-13(24)16(27)19(7-21,31-10)32-18-15(26)14(25)12(22)11(30-18)6-29-17(28)8-1-3-9(23)4-2-8/h1-4,10-16,18,23-27H,5-7H2/t10-,11-,12+,13-,14+,15-,16+,18-,19+/m1/s1. The van der Waals surface area contributed by atoms with E-state index in [1.54, 1.807) is 0 Å². The van der Waals surface area contributed by atoms with Crippen LogP contribution < -0.4 is 0 Å². The van der Waals surface area contributed by atoms with Crippen molar-refractivity contribution < 1.29 is 49.3 Å². The molecule has 180 valence electrons. The zero-order chi connectivity index (χ0) is 23.6. The van der Waals surface area contributed by atoms with Crippen molar-refractivity contribution in [3.05, 3.63) is 29.8 Å². The van der Waals surface area contributed by atoms with Gasteiger partial charge in [0, 0.05) is 0 Å². The van der Waals surface area contributed by atoms with E-state index in [9.17, 15) is 30.3 Å². The van der Waals surface area contributed by atoms with E-state index in [2.05, 4.69) is 0 Å². The summed E-state index contributed by atoms with van der Waals surface area (Å²) in [5, 5.41) is 49.3. The number of benzene rings is 1. The predicted molar refractivity (Wildman–Crippen MR) is 111 cm³/mol. The summed E-state index contributed by atoms with van der Waals surface area (Å²) in [6.07, 6.45) is -10.0. The Kier molecular flexibility index (Phi) is 8.48. The quantitative estimate of drug-likeness (QED) is 0.245. The fourth-order valence-electron chi connectivity index (χ4n) is 3.38. The van der Waals surface area contributed by atoms with Crippen molar-refractivity contribution in [3.63, 3.8) is 0 Å². The molecule has 0 bridgehead atoms. The normalized spacial score (nSPS) is 39.7. The van der Waals surface area contributed by atoms with Crippen LogP contribution in [-0.4, -0.2) is 104 Å². The molecule has 2 saturated heterocycles. The van der Waals surface area contributed by atoms with Crippen LogP contribution in [0.4, 0.5) is 0 Å². The molecular formula is C19H23Cl3O10. The summed E-state index contributed by atoms with van der Waals surface area (Å²) >= 11 is 17.8. The summed E-state index contributed by atoms with van der Waals surface area (Å²) in [4.78, 5) is 12.2. The van der Waals surface area contributed by atoms with Gasteiger partial charge in [-0.1, -0.05) is 0 Å². The molecule has 1 aromatic rings. The topological polar surface area (TPSA) is 155 Å². The number of phenolic OH excluding ortho intramolecular Hbond substituents is 1. The fourth-order valence-corrected chi connectivity index (χ4v) is 4.19. The van der Waals surface area contributed by atoms with E-state index in [1.807, 2.05) is 0 Å². The molecule has 1 aromatic carbocycles. The minimum atomic E-state index is -1.99. The van der Waals surface area contributed by atoms with E-state index >= 15 is 0 Å². The molecule has 2 aliphatic heterocycles. The van der Waals surface area contributed by atoms with Gasteiger partial charge >= 0.3 is 5.97 Å². The number of aromatic hydroxyl groups is 1. The first kappa shape index (κ1) is 25.7. The fraction of sp³-hybridized carbons (Fsp3) is 0.632. The Balaban J connectivity index is 1.69. The van der Waals surface area contributed by atoms with E-state index in [0.717, 1.165) is 0 Å².